The summed E-state index contributed by atoms with van der Waals surface area (Å²) in [5.41, 5.74) is 1.28. The number of nitrogens with zero attached hydrogens (tertiary/aromatic N) is 3. The molecule has 0 spiro atoms. The van der Waals surface area contributed by atoms with Gasteiger partial charge >= 0.3 is 0 Å². The first-order chi connectivity index (χ1) is 13.4. The minimum Gasteiger partial charge on any atom is -0.302 e. The molecule has 148 valence electrons. The Morgan fingerprint density at radius 1 is 1.11 bits per heavy atom. The Morgan fingerprint density at radius 2 is 1.86 bits per heavy atom. The maximum atomic E-state index is 13.4. The minimum atomic E-state index is -0.163. The molecule has 0 aliphatic rings. The fourth-order valence-corrected chi connectivity index (χ4v) is 4.70. The van der Waals surface area contributed by atoms with Gasteiger partial charge in [-0.05, 0) is 49.5 Å². The number of carbonyl (C=O) groups is 1. The summed E-state index contributed by atoms with van der Waals surface area (Å²) in [7, 11) is 0. The third kappa shape index (κ3) is 4.86. The van der Waals surface area contributed by atoms with Crippen LogP contribution in [0.3, 0.4) is 0 Å². The summed E-state index contributed by atoms with van der Waals surface area (Å²) in [6, 6.07) is 10.8. The minimum absolute atomic E-state index is 0.163. The lowest BCUT2D eigenvalue weighted by Crippen LogP contribution is -2.39. The maximum absolute atomic E-state index is 13.4. The Bertz CT molecular complexity index is 991. The SMILES string of the molecule is CCN(CC)CCN(C(=O)c1cc(Br)ccc1Cl)c1nc2ccc(Cl)cc2s1. The van der Waals surface area contributed by atoms with Crippen molar-refractivity contribution in [3.05, 3.63) is 56.5 Å². The van der Waals surface area contributed by atoms with E-state index in [1.165, 1.54) is 11.3 Å². The molecule has 2 aromatic carbocycles. The average molecular weight is 501 g/mol. The number of carbonyl (C=O) groups excluding carboxylic acids is 1. The molecule has 0 saturated carbocycles. The summed E-state index contributed by atoms with van der Waals surface area (Å²) in [4.78, 5) is 22.1. The molecule has 8 heteroatoms. The fraction of sp³-hybridized carbons (Fsp3) is 0.300. The molecule has 4 nitrogen and oxygen atoms in total. The molecule has 0 unspecified atom stereocenters. The van der Waals surface area contributed by atoms with Crippen LogP contribution in [-0.2, 0) is 0 Å². The van der Waals surface area contributed by atoms with Gasteiger partial charge in [0.25, 0.3) is 5.91 Å². The lowest BCUT2D eigenvalue weighted by Gasteiger charge is -2.25. The molecule has 0 aliphatic heterocycles. The number of rotatable bonds is 7. The zero-order valence-electron chi connectivity index (χ0n) is 15.6. The van der Waals surface area contributed by atoms with Gasteiger partial charge in [-0.3, -0.25) is 9.69 Å². The van der Waals surface area contributed by atoms with Crippen LogP contribution in [-0.4, -0.2) is 42.0 Å². The van der Waals surface area contributed by atoms with E-state index in [1.54, 1.807) is 23.1 Å². The van der Waals surface area contributed by atoms with Crippen LogP contribution >= 0.6 is 50.5 Å². The molecule has 3 rings (SSSR count). The van der Waals surface area contributed by atoms with Crippen molar-refractivity contribution in [1.82, 2.24) is 9.88 Å². The molecule has 1 amide bonds. The van der Waals surface area contributed by atoms with Crippen molar-refractivity contribution < 1.29 is 4.79 Å². The van der Waals surface area contributed by atoms with E-state index in [0.29, 0.717) is 27.3 Å². The van der Waals surface area contributed by atoms with E-state index in [4.69, 9.17) is 23.2 Å². The number of likely N-dealkylation sites (N-methyl/N-ethyl adjacent to an activating group) is 1. The van der Waals surface area contributed by atoms with Crippen molar-refractivity contribution in [2.75, 3.05) is 31.1 Å². The van der Waals surface area contributed by atoms with Gasteiger partial charge in [-0.1, -0.05) is 64.3 Å². The van der Waals surface area contributed by atoms with Gasteiger partial charge in [-0.2, -0.15) is 0 Å². The van der Waals surface area contributed by atoms with Crippen molar-refractivity contribution >= 4 is 71.7 Å². The van der Waals surface area contributed by atoms with Crippen molar-refractivity contribution in [2.45, 2.75) is 13.8 Å². The molecule has 3 aromatic rings. The van der Waals surface area contributed by atoms with Gasteiger partial charge in [0.15, 0.2) is 5.13 Å². The number of thiazole rings is 1. The monoisotopic (exact) mass is 499 g/mol. The molecule has 0 N–H and O–H groups in total. The summed E-state index contributed by atoms with van der Waals surface area (Å²) in [6.45, 7) is 7.34. The van der Waals surface area contributed by atoms with Crippen LogP contribution in [0, 0.1) is 0 Å². The number of anilines is 1. The van der Waals surface area contributed by atoms with Gasteiger partial charge in [0.05, 0.1) is 20.8 Å². The molecule has 0 fully saturated rings. The molecule has 0 aliphatic carbocycles. The van der Waals surface area contributed by atoms with E-state index in [0.717, 1.165) is 34.3 Å². The second-order valence-corrected chi connectivity index (χ2v) is 8.98. The third-order valence-electron chi connectivity index (χ3n) is 4.51. The predicted octanol–water partition coefficient (Wildman–Crippen LogP) is 6.35. The average Bonchev–Trinajstić information content (AvgIpc) is 3.09. The van der Waals surface area contributed by atoms with Crippen LogP contribution in [0.15, 0.2) is 40.9 Å². The first-order valence-corrected chi connectivity index (χ1v) is 11.3. The number of hydrogen-bond donors (Lipinski definition) is 0. The summed E-state index contributed by atoms with van der Waals surface area (Å²) in [5.74, 6) is -0.163. The fourth-order valence-electron chi connectivity index (χ4n) is 2.87. The number of amides is 1. The van der Waals surface area contributed by atoms with Crippen LogP contribution in [0.25, 0.3) is 10.2 Å². The van der Waals surface area contributed by atoms with Gasteiger partial charge in [0.1, 0.15) is 0 Å². The normalized spacial score (nSPS) is 11.4. The predicted molar refractivity (Wildman–Crippen MR) is 123 cm³/mol. The van der Waals surface area contributed by atoms with E-state index in [2.05, 4.69) is 39.7 Å². The highest BCUT2D eigenvalue weighted by molar-refractivity contribution is 9.10. The Morgan fingerprint density at radius 3 is 2.57 bits per heavy atom. The van der Waals surface area contributed by atoms with Gasteiger partial charge in [0.2, 0.25) is 0 Å². The van der Waals surface area contributed by atoms with Crippen LogP contribution in [0.5, 0.6) is 0 Å². The number of aromatic nitrogens is 1. The quantitative estimate of drug-likeness (QED) is 0.379. The highest BCUT2D eigenvalue weighted by atomic mass is 79.9. The lowest BCUT2D eigenvalue weighted by molar-refractivity contribution is 0.0984. The smallest absolute Gasteiger partial charge is 0.261 e. The van der Waals surface area contributed by atoms with Gasteiger partial charge in [-0.15, -0.1) is 0 Å². The first kappa shape index (κ1) is 21.5. The zero-order chi connectivity index (χ0) is 20.3. The Kier molecular flexibility index (Phi) is 7.34. The number of benzene rings is 2. The zero-order valence-corrected chi connectivity index (χ0v) is 19.5. The molecular weight excluding hydrogens is 481 g/mol. The topological polar surface area (TPSA) is 36.4 Å². The lowest BCUT2D eigenvalue weighted by atomic mass is 10.2. The summed E-state index contributed by atoms with van der Waals surface area (Å²) in [6.07, 6.45) is 0. The summed E-state index contributed by atoms with van der Waals surface area (Å²) < 4.78 is 1.75. The second-order valence-electron chi connectivity index (χ2n) is 6.22. The standard InChI is InChI=1S/C20H20BrCl2N3OS/c1-3-25(4-2)9-10-26(19(27)15-11-13(21)5-7-16(15)23)20-24-17-8-6-14(22)12-18(17)28-20/h5-8,11-12H,3-4,9-10H2,1-2H3. The van der Waals surface area contributed by atoms with Crippen LogP contribution in [0.2, 0.25) is 10.0 Å². The molecule has 0 saturated heterocycles. The largest absolute Gasteiger partial charge is 0.302 e. The molecule has 28 heavy (non-hydrogen) atoms. The highest BCUT2D eigenvalue weighted by Crippen LogP contribution is 2.32. The van der Waals surface area contributed by atoms with Crippen molar-refractivity contribution in [1.29, 1.82) is 0 Å². The molecular formula is C20H20BrCl2N3OS. The van der Waals surface area contributed by atoms with Crippen molar-refractivity contribution in [3.63, 3.8) is 0 Å². The Hall–Kier alpha value is -1.18. The maximum Gasteiger partial charge on any atom is 0.261 e. The van der Waals surface area contributed by atoms with Crippen molar-refractivity contribution in [3.8, 4) is 0 Å². The van der Waals surface area contributed by atoms with Gasteiger partial charge in [0, 0.05) is 22.6 Å². The molecule has 1 heterocycles. The van der Waals surface area contributed by atoms with E-state index in [9.17, 15) is 4.79 Å². The summed E-state index contributed by atoms with van der Waals surface area (Å²) in [5, 5.41) is 1.72. The van der Waals surface area contributed by atoms with Crippen LogP contribution in [0.4, 0.5) is 5.13 Å². The van der Waals surface area contributed by atoms with E-state index in [-0.39, 0.29) is 5.91 Å². The molecule has 0 radical (unpaired) electrons. The second kappa shape index (κ2) is 9.55. The number of halogens is 3. The number of hydrogen-bond acceptors (Lipinski definition) is 4. The molecule has 0 bridgehead atoms. The van der Waals surface area contributed by atoms with Gasteiger partial charge < -0.3 is 4.90 Å². The summed E-state index contributed by atoms with van der Waals surface area (Å²) >= 11 is 17.3. The number of fused-ring (bicyclic) bond motifs is 1. The van der Waals surface area contributed by atoms with E-state index < -0.39 is 0 Å². The van der Waals surface area contributed by atoms with Crippen LogP contribution < -0.4 is 4.90 Å². The third-order valence-corrected chi connectivity index (χ3v) is 6.61. The Balaban J connectivity index is 2.00. The molecule has 0 atom stereocenters. The highest BCUT2D eigenvalue weighted by Gasteiger charge is 2.24. The Labute approximate surface area is 187 Å². The first-order valence-electron chi connectivity index (χ1n) is 8.98. The van der Waals surface area contributed by atoms with Crippen molar-refractivity contribution in [2.24, 2.45) is 0 Å². The van der Waals surface area contributed by atoms with E-state index >= 15 is 0 Å². The van der Waals surface area contributed by atoms with Gasteiger partial charge in [-0.25, -0.2) is 4.98 Å². The molecule has 1 aromatic heterocycles. The van der Waals surface area contributed by atoms with E-state index in [1.807, 2.05) is 18.2 Å². The van der Waals surface area contributed by atoms with Crippen LogP contribution in [0.1, 0.15) is 24.2 Å².